The Morgan fingerprint density at radius 2 is 2.06 bits per heavy atom. The van der Waals surface area contributed by atoms with Crippen molar-refractivity contribution in [2.75, 3.05) is 5.32 Å². The molecule has 0 saturated carbocycles. The summed E-state index contributed by atoms with van der Waals surface area (Å²) in [6.07, 6.45) is 0. The summed E-state index contributed by atoms with van der Waals surface area (Å²) >= 11 is 11.8. The van der Waals surface area contributed by atoms with Crippen molar-refractivity contribution in [2.45, 2.75) is 13.8 Å². The monoisotopic (exact) mass is 270 g/mol. The Labute approximate surface area is 110 Å². The van der Waals surface area contributed by atoms with Gasteiger partial charge in [0, 0.05) is 0 Å². The highest BCUT2D eigenvalue weighted by molar-refractivity contribution is 6.44. The highest BCUT2D eigenvalue weighted by Crippen LogP contribution is 2.30. The lowest BCUT2D eigenvalue weighted by Gasteiger charge is -2.14. The van der Waals surface area contributed by atoms with Crippen molar-refractivity contribution in [3.8, 4) is 6.07 Å². The largest absolute Gasteiger partial charge is 0.324 e. The number of nitrogens with zero attached hydrogens (tertiary/aromatic N) is 1. The molecule has 0 saturated heterocycles. The lowest BCUT2D eigenvalue weighted by molar-refractivity contribution is -0.119. The van der Waals surface area contributed by atoms with E-state index in [1.807, 2.05) is 19.9 Å². The molecule has 0 fully saturated rings. The number of amides is 1. The number of hydrogen-bond donors (Lipinski definition) is 1. The molecule has 0 aliphatic rings. The maximum Gasteiger partial charge on any atom is 0.242 e. The minimum Gasteiger partial charge on any atom is -0.324 e. The fraction of sp³-hybridized carbons (Fsp3) is 0.333. The quantitative estimate of drug-likeness (QED) is 0.910. The Hall–Kier alpha value is -1.24. The molecule has 0 bridgehead atoms. The van der Waals surface area contributed by atoms with Crippen molar-refractivity contribution >= 4 is 34.8 Å². The lowest BCUT2D eigenvalue weighted by atomic mass is 9.96. The second kappa shape index (κ2) is 5.90. The molecule has 1 aromatic rings. The molecule has 17 heavy (non-hydrogen) atoms. The van der Waals surface area contributed by atoms with Gasteiger partial charge in [-0.2, -0.15) is 5.26 Å². The van der Waals surface area contributed by atoms with Gasteiger partial charge in [0.1, 0.15) is 5.92 Å². The molecule has 5 heteroatoms. The van der Waals surface area contributed by atoms with Gasteiger partial charge in [-0.25, -0.2) is 0 Å². The zero-order valence-corrected chi connectivity index (χ0v) is 11.0. The summed E-state index contributed by atoms with van der Waals surface area (Å²) < 4.78 is 0. The predicted molar refractivity (Wildman–Crippen MR) is 69.0 cm³/mol. The highest BCUT2D eigenvalue weighted by atomic mass is 35.5. The molecule has 1 unspecified atom stereocenters. The standard InChI is InChI=1S/C12H12Cl2N2O/c1-7(2)8(6-15)12(17)16-10-5-3-4-9(13)11(10)14/h3-5,7-8H,1-2H3,(H,16,17). The summed E-state index contributed by atoms with van der Waals surface area (Å²) in [4.78, 5) is 11.8. The summed E-state index contributed by atoms with van der Waals surface area (Å²) in [5, 5.41) is 12.1. The predicted octanol–water partition coefficient (Wildman–Crippen LogP) is 3.73. The zero-order chi connectivity index (χ0) is 13.0. The average Bonchev–Trinajstić information content (AvgIpc) is 2.25. The third-order valence-electron chi connectivity index (χ3n) is 2.30. The van der Waals surface area contributed by atoms with E-state index in [4.69, 9.17) is 28.5 Å². The number of hydrogen-bond acceptors (Lipinski definition) is 2. The average molecular weight is 271 g/mol. The third kappa shape index (κ3) is 3.36. The van der Waals surface area contributed by atoms with Gasteiger partial charge >= 0.3 is 0 Å². The molecule has 1 N–H and O–H groups in total. The maximum absolute atomic E-state index is 11.8. The lowest BCUT2D eigenvalue weighted by Crippen LogP contribution is -2.25. The van der Waals surface area contributed by atoms with E-state index in [2.05, 4.69) is 5.32 Å². The van der Waals surface area contributed by atoms with E-state index in [0.717, 1.165) is 0 Å². The Balaban J connectivity index is 2.89. The Morgan fingerprint density at radius 1 is 1.41 bits per heavy atom. The Morgan fingerprint density at radius 3 is 2.59 bits per heavy atom. The van der Waals surface area contributed by atoms with Crippen LogP contribution in [0.3, 0.4) is 0 Å². The van der Waals surface area contributed by atoms with Crippen LogP contribution in [0.5, 0.6) is 0 Å². The second-order valence-corrected chi connectivity index (χ2v) is 4.73. The highest BCUT2D eigenvalue weighted by Gasteiger charge is 2.22. The molecule has 0 aliphatic carbocycles. The van der Waals surface area contributed by atoms with E-state index in [1.165, 1.54) is 0 Å². The molecular weight excluding hydrogens is 259 g/mol. The van der Waals surface area contributed by atoms with Crippen LogP contribution in [0.1, 0.15) is 13.8 Å². The second-order valence-electron chi connectivity index (χ2n) is 3.94. The van der Waals surface area contributed by atoms with E-state index in [0.29, 0.717) is 10.7 Å². The fourth-order valence-electron chi connectivity index (χ4n) is 1.32. The molecule has 1 amide bonds. The van der Waals surface area contributed by atoms with Gasteiger partial charge in [0.15, 0.2) is 0 Å². The minimum atomic E-state index is -0.704. The molecule has 1 rings (SSSR count). The number of nitriles is 1. The van der Waals surface area contributed by atoms with Gasteiger partial charge in [0.2, 0.25) is 5.91 Å². The maximum atomic E-state index is 11.8. The van der Waals surface area contributed by atoms with Crippen LogP contribution in [0.2, 0.25) is 10.0 Å². The first-order chi connectivity index (χ1) is 7.97. The van der Waals surface area contributed by atoms with Gasteiger partial charge in [0.25, 0.3) is 0 Å². The molecule has 1 aromatic carbocycles. The summed E-state index contributed by atoms with van der Waals surface area (Å²) in [6, 6.07) is 6.92. The first-order valence-electron chi connectivity index (χ1n) is 5.12. The minimum absolute atomic E-state index is 0.0574. The van der Waals surface area contributed by atoms with E-state index in [-0.39, 0.29) is 16.8 Å². The van der Waals surface area contributed by atoms with E-state index < -0.39 is 5.92 Å². The molecule has 0 aromatic heterocycles. The summed E-state index contributed by atoms with van der Waals surface area (Å²) in [7, 11) is 0. The van der Waals surface area contributed by atoms with E-state index in [1.54, 1.807) is 18.2 Å². The van der Waals surface area contributed by atoms with Gasteiger partial charge < -0.3 is 5.32 Å². The smallest absolute Gasteiger partial charge is 0.242 e. The van der Waals surface area contributed by atoms with Crippen LogP contribution < -0.4 is 5.32 Å². The normalized spacial score (nSPS) is 12.0. The number of carbonyl (C=O) groups excluding carboxylic acids is 1. The molecule has 90 valence electrons. The van der Waals surface area contributed by atoms with Gasteiger partial charge in [-0.15, -0.1) is 0 Å². The van der Waals surface area contributed by atoms with Gasteiger partial charge in [0.05, 0.1) is 21.8 Å². The van der Waals surface area contributed by atoms with Gasteiger partial charge in [-0.3, -0.25) is 4.79 Å². The first kappa shape index (κ1) is 13.8. The number of carbonyl (C=O) groups is 1. The number of halogens is 2. The fourth-order valence-corrected chi connectivity index (χ4v) is 1.67. The van der Waals surface area contributed by atoms with Crippen LogP contribution in [-0.2, 0) is 4.79 Å². The van der Waals surface area contributed by atoms with Crippen molar-refractivity contribution in [1.82, 2.24) is 0 Å². The topological polar surface area (TPSA) is 52.9 Å². The Bertz CT molecular complexity index is 466. The van der Waals surface area contributed by atoms with Crippen LogP contribution in [0.4, 0.5) is 5.69 Å². The van der Waals surface area contributed by atoms with Crippen LogP contribution >= 0.6 is 23.2 Å². The molecule has 1 atom stereocenters. The molecule has 0 spiro atoms. The number of rotatable bonds is 3. The van der Waals surface area contributed by atoms with Crippen molar-refractivity contribution in [2.24, 2.45) is 11.8 Å². The van der Waals surface area contributed by atoms with E-state index in [9.17, 15) is 4.79 Å². The molecule has 0 aliphatic heterocycles. The number of benzene rings is 1. The van der Waals surface area contributed by atoms with Crippen molar-refractivity contribution in [3.05, 3.63) is 28.2 Å². The summed E-state index contributed by atoms with van der Waals surface area (Å²) in [6.45, 7) is 3.63. The van der Waals surface area contributed by atoms with Crippen molar-refractivity contribution in [1.29, 1.82) is 5.26 Å². The number of anilines is 1. The first-order valence-corrected chi connectivity index (χ1v) is 5.87. The summed E-state index contributed by atoms with van der Waals surface area (Å²) in [5.74, 6) is -1.13. The third-order valence-corrected chi connectivity index (χ3v) is 3.12. The Kier molecular flexibility index (Phi) is 4.80. The van der Waals surface area contributed by atoms with E-state index >= 15 is 0 Å². The molecule has 3 nitrogen and oxygen atoms in total. The van der Waals surface area contributed by atoms with Gasteiger partial charge in [-0.05, 0) is 18.1 Å². The zero-order valence-electron chi connectivity index (χ0n) is 9.50. The van der Waals surface area contributed by atoms with Crippen LogP contribution in [0.25, 0.3) is 0 Å². The molecular formula is C12H12Cl2N2O. The van der Waals surface area contributed by atoms with Gasteiger partial charge in [-0.1, -0.05) is 43.1 Å². The number of nitrogens with one attached hydrogen (secondary N) is 1. The molecule has 0 radical (unpaired) electrons. The van der Waals surface area contributed by atoms with Crippen molar-refractivity contribution in [3.63, 3.8) is 0 Å². The van der Waals surface area contributed by atoms with Crippen LogP contribution in [0.15, 0.2) is 18.2 Å². The SMILES string of the molecule is CC(C)C(C#N)C(=O)Nc1cccc(Cl)c1Cl. The summed E-state index contributed by atoms with van der Waals surface area (Å²) in [5.41, 5.74) is 0.421. The molecule has 0 heterocycles. The van der Waals surface area contributed by atoms with Crippen LogP contribution in [0, 0.1) is 23.2 Å². The van der Waals surface area contributed by atoms with Crippen molar-refractivity contribution < 1.29 is 4.79 Å². The van der Waals surface area contributed by atoms with Crippen LogP contribution in [-0.4, -0.2) is 5.91 Å².